The second-order valence-electron chi connectivity index (χ2n) is 5.31. The molecule has 0 aromatic heterocycles. The Hall–Kier alpha value is -3.56. The fraction of sp³-hybridized carbons (Fsp3) is 0.176. The molecule has 10 heteroatoms. The lowest BCUT2D eigenvalue weighted by atomic mass is 10.1. The molecule has 0 radical (unpaired) electrons. The molecule has 0 heterocycles. The van der Waals surface area contributed by atoms with E-state index in [1.165, 1.54) is 49.4 Å². The predicted octanol–water partition coefficient (Wildman–Crippen LogP) is 2.87. The maximum absolute atomic E-state index is 12.4. The molecule has 2 rings (SSSR count). The molecule has 0 spiro atoms. The van der Waals surface area contributed by atoms with Gasteiger partial charge in [0, 0.05) is 6.07 Å². The van der Waals surface area contributed by atoms with E-state index >= 15 is 0 Å². The third-order valence-corrected chi connectivity index (χ3v) is 3.53. The number of para-hydroxylation sites is 1. The summed E-state index contributed by atoms with van der Waals surface area (Å²) in [6.45, 7) is -2.09. The van der Waals surface area contributed by atoms with Crippen LogP contribution in [0.15, 0.2) is 42.5 Å². The zero-order valence-electron chi connectivity index (χ0n) is 14.1. The summed E-state index contributed by atoms with van der Waals surface area (Å²) < 4.78 is 29.0. The second-order valence-corrected chi connectivity index (χ2v) is 5.31. The number of carbonyl (C=O) groups is 2. The molecule has 8 nitrogen and oxygen atoms in total. The summed E-state index contributed by atoms with van der Waals surface area (Å²) in [7, 11) is 0. The van der Waals surface area contributed by atoms with E-state index in [2.05, 4.69) is 15.4 Å². The normalized spacial score (nSPS) is 10.4. The van der Waals surface area contributed by atoms with Crippen molar-refractivity contribution in [2.24, 2.45) is 0 Å². The Morgan fingerprint density at radius 1 is 1.19 bits per heavy atom. The van der Waals surface area contributed by atoms with Gasteiger partial charge in [0.15, 0.2) is 0 Å². The minimum atomic E-state index is -3.10. The molecular formula is C17H15F2N3O5. The van der Waals surface area contributed by atoms with Crippen LogP contribution >= 0.6 is 0 Å². The maximum Gasteiger partial charge on any atom is 0.387 e. The van der Waals surface area contributed by atoms with E-state index in [9.17, 15) is 28.5 Å². The first-order chi connectivity index (χ1) is 12.8. The first kappa shape index (κ1) is 19.8. The van der Waals surface area contributed by atoms with E-state index in [1.807, 2.05) is 0 Å². The molecule has 2 aromatic rings. The van der Waals surface area contributed by atoms with E-state index in [1.54, 1.807) is 0 Å². The van der Waals surface area contributed by atoms with Gasteiger partial charge < -0.3 is 15.4 Å². The summed E-state index contributed by atoms with van der Waals surface area (Å²) >= 11 is 0. The number of anilines is 1. The van der Waals surface area contributed by atoms with Gasteiger partial charge >= 0.3 is 6.61 Å². The third-order valence-electron chi connectivity index (χ3n) is 3.53. The molecule has 0 fully saturated rings. The predicted molar refractivity (Wildman–Crippen MR) is 91.9 cm³/mol. The van der Waals surface area contributed by atoms with Crippen LogP contribution in [-0.4, -0.2) is 29.9 Å². The molecule has 0 bridgehead atoms. The lowest BCUT2D eigenvalue weighted by Crippen LogP contribution is -2.33. The van der Waals surface area contributed by atoms with Crippen molar-refractivity contribution < 1.29 is 28.0 Å². The molecule has 0 aliphatic carbocycles. The van der Waals surface area contributed by atoms with Crippen LogP contribution in [0.1, 0.15) is 15.9 Å². The standard InChI is InChI=1S/C17H15F2N3O5/c1-10-12(6-4-7-13(10)22(25)26)21-15(23)9-20-16(24)11-5-2-3-8-14(11)27-17(18)19/h2-8,17H,9H2,1H3,(H,20,24)(H,21,23). The van der Waals surface area contributed by atoms with Crippen molar-refractivity contribution >= 4 is 23.2 Å². The van der Waals surface area contributed by atoms with Crippen molar-refractivity contribution in [3.8, 4) is 5.75 Å². The van der Waals surface area contributed by atoms with Gasteiger partial charge in [0.25, 0.3) is 11.6 Å². The molecule has 0 unspecified atom stereocenters. The van der Waals surface area contributed by atoms with Gasteiger partial charge in [-0.1, -0.05) is 18.2 Å². The molecule has 142 valence electrons. The molecule has 2 aromatic carbocycles. The number of nitro benzene ring substituents is 1. The van der Waals surface area contributed by atoms with Crippen molar-refractivity contribution in [3.05, 3.63) is 63.7 Å². The monoisotopic (exact) mass is 379 g/mol. The van der Waals surface area contributed by atoms with Gasteiger partial charge in [0.05, 0.1) is 28.3 Å². The smallest absolute Gasteiger partial charge is 0.387 e. The topological polar surface area (TPSA) is 111 Å². The zero-order chi connectivity index (χ0) is 20.0. The quantitative estimate of drug-likeness (QED) is 0.568. The number of alkyl halides is 2. The Labute approximate surface area is 152 Å². The first-order valence-corrected chi connectivity index (χ1v) is 7.65. The number of benzene rings is 2. The number of hydrogen-bond acceptors (Lipinski definition) is 5. The summed E-state index contributed by atoms with van der Waals surface area (Å²) in [5.74, 6) is -1.74. The number of nitro groups is 1. The van der Waals surface area contributed by atoms with E-state index in [-0.39, 0.29) is 28.3 Å². The molecular weight excluding hydrogens is 364 g/mol. The summed E-state index contributed by atoms with van der Waals surface area (Å²) in [6, 6.07) is 9.55. The molecule has 2 N–H and O–H groups in total. The lowest BCUT2D eigenvalue weighted by Gasteiger charge is -2.11. The van der Waals surface area contributed by atoms with Crippen LogP contribution in [0.5, 0.6) is 5.75 Å². The largest absolute Gasteiger partial charge is 0.434 e. The minimum Gasteiger partial charge on any atom is -0.434 e. The van der Waals surface area contributed by atoms with Crippen LogP contribution in [0.2, 0.25) is 0 Å². The Balaban J connectivity index is 2.02. The molecule has 0 aliphatic rings. The molecule has 0 aliphatic heterocycles. The fourth-order valence-corrected chi connectivity index (χ4v) is 2.26. The minimum absolute atomic E-state index is 0.155. The SMILES string of the molecule is Cc1c(NC(=O)CNC(=O)c2ccccc2OC(F)F)cccc1[N+](=O)[O-]. The van der Waals surface area contributed by atoms with Crippen molar-refractivity contribution in [1.29, 1.82) is 0 Å². The highest BCUT2D eigenvalue weighted by Crippen LogP contribution is 2.25. The van der Waals surface area contributed by atoms with Gasteiger partial charge in [0.2, 0.25) is 5.91 Å². The highest BCUT2D eigenvalue weighted by molar-refractivity contribution is 6.01. The van der Waals surface area contributed by atoms with Crippen LogP contribution in [0, 0.1) is 17.0 Å². The van der Waals surface area contributed by atoms with Crippen LogP contribution in [0.25, 0.3) is 0 Å². The number of amides is 2. The zero-order valence-corrected chi connectivity index (χ0v) is 14.1. The number of hydrogen-bond donors (Lipinski definition) is 2. The average Bonchev–Trinajstić information content (AvgIpc) is 2.61. The third kappa shape index (κ3) is 5.21. The van der Waals surface area contributed by atoms with E-state index in [0.29, 0.717) is 0 Å². The van der Waals surface area contributed by atoms with E-state index in [4.69, 9.17) is 0 Å². The van der Waals surface area contributed by atoms with E-state index < -0.39 is 29.9 Å². The summed E-state index contributed by atoms with van der Waals surface area (Å²) in [4.78, 5) is 34.4. The van der Waals surface area contributed by atoms with Crippen LogP contribution < -0.4 is 15.4 Å². The average molecular weight is 379 g/mol. The van der Waals surface area contributed by atoms with Gasteiger partial charge in [-0.2, -0.15) is 8.78 Å². The van der Waals surface area contributed by atoms with Crippen molar-refractivity contribution in [2.45, 2.75) is 13.5 Å². The number of nitrogens with one attached hydrogen (secondary N) is 2. The molecule has 27 heavy (non-hydrogen) atoms. The van der Waals surface area contributed by atoms with Gasteiger partial charge in [-0.15, -0.1) is 0 Å². The highest BCUT2D eigenvalue weighted by atomic mass is 19.3. The Kier molecular flexibility index (Phi) is 6.36. The van der Waals surface area contributed by atoms with Crippen LogP contribution in [-0.2, 0) is 4.79 Å². The van der Waals surface area contributed by atoms with Gasteiger partial charge in [0.1, 0.15) is 5.75 Å². The molecule has 0 saturated heterocycles. The fourth-order valence-electron chi connectivity index (χ4n) is 2.26. The number of ether oxygens (including phenoxy) is 1. The number of carbonyl (C=O) groups excluding carboxylic acids is 2. The highest BCUT2D eigenvalue weighted by Gasteiger charge is 2.17. The van der Waals surface area contributed by atoms with E-state index in [0.717, 1.165) is 0 Å². The lowest BCUT2D eigenvalue weighted by molar-refractivity contribution is -0.385. The maximum atomic E-state index is 12.4. The summed E-state index contributed by atoms with van der Waals surface area (Å²) in [5.41, 5.74) is 0.176. The molecule has 0 saturated carbocycles. The summed E-state index contributed by atoms with van der Waals surface area (Å²) in [5, 5.41) is 15.6. The van der Waals surface area contributed by atoms with Crippen LogP contribution in [0.3, 0.4) is 0 Å². The summed E-state index contributed by atoms with van der Waals surface area (Å²) in [6.07, 6.45) is 0. The van der Waals surface area contributed by atoms with Gasteiger partial charge in [-0.05, 0) is 25.1 Å². The first-order valence-electron chi connectivity index (χ1n) is 7.65. The second kappa shape index (κ2) is 8.70. The van der Waals surface area contributed by atoms with Crippen molar-refractivity contribution in [1.82, 2.24) is 5.32 Å². The number of halogens is 2. The van der Waals surface area contributed by atoms with Gasteiger partial charge in [-0.3, -0.25) is 19.7 Å². The Bertz CT molecular complexity index is 873. The molecule has 2 amide bonds. The molecule has 0 atom stereocenters. The van der Waals surface area contributed by atoms with Crippen LogP contribution in [0.4, 0.5) is 20.2 Å². The Morgan fingerprint density at radius 2 is 1.89 bits per heavy atom. The number of nitrogens with zero attached hydrogens (tertiary/aromatic N) is 1. The van der Waals surface area contributed by atoms with Crippen molar-refractivity contribution in [3.63, 3.8) is 0 Å². The van der Waals surface area contributed by atoms with Crippen molar-refractivity contribution in [2.75, 3.05) is 11.9 Å². The van der Waals surface area contributed by atoms with Gasteiger partial charge in [-0.25, -0.2) is 0 Å². The Morgan fingerprint density at radius 3 is 2.56 bits per heavy atom. The number of rotatable bonds is 7.